The van der Waals surface area contributed by atoms with Crippen LogP contribution in [0, 0.1) is 0 Å². The summed E-state index contributed by atoms with van der Waals surface area (Å²) in [4.78, 5) is 26.9. The molecule has 2 aromatic rings. The molecule has 1 saturated heterocycles. The summed E-state index contributed by atoms with van der Waals surface area (Å²) in [6, 6.07) is 12.8. The number of ether oxygens (including phenoxy) is 1. The van der Waals surface area contributed by atoms with E-state index in [0.717, 1.165) is 11.3 Å². The van der Waals surface area contributed by atoms with Gasteiger partial charge in [-0.25, -0.2) is 0 Å². The van der Waals surface area contributed by atoms with Crippen LogP contribution in [0.25, 0.3) is 0 Å². The van der Waals surface area contributed by atoms with Crippen molar-refractivity contribution in [3.63, 3.8) is 0 Å². The van der Waals surface area contributed by atoms with Crippen LogP contribution in [-0.2, 0) is 15.0 Å². The molecule has 2 amide bonds. The van der Waals surface area contributed by atoms with Gasteiger partial charge in [-0.1, -0.05) is 47.5 Å². The number of anilines is 1. The second kappa shape index (κ2) is 7.06. The molecule has 0 unspecified atom stereocenters. The molecular weight excluding hydrogens is 387 g/mol. The Labute approximate surface area is 167 Å². The van der Waals surface area contributed by atoms with E-state index in [1.807, 2.05) is 24.3 Å². The summed E-state index contributed by atoms with van der Waals surface area (Å²) >= 11 is 12.0. The van der Waals surface area contributed by atoms with Crippen LogP contribution in [0.2, 0.25) is 10.0 Å². The van der Waals surface area contributed by atoms with Gasteiger partial charge < -0.3 is 15.0 Å². The molecule has 2 heterocycles. The minimum Gasteiger partial charge on any atom is -0.482 e. The Bertz CT molecular complexity index is 908. The van der Waals surface area contributed by atoms with Gasteiger partial charge >= 0.3 is 0 Å². The number of likely N-dealkylation sites (tertiary alicyclic amines) is 1. The van der Waals surface area contributed by atoms with E-state index >= 15 is 0 Å². The fourth-order valence-corrected chi connectivity index (χ4v) is 4.18. The Hall–Kier alpha value is -2.24. The number of para-hydroxylation sites is 1. The maximum atomic E-state index is 12.6. The zero-order valence-corrected chi connectivity index (χ0v) is 16.0. The molecule has 2 aromatic carbocycles. The standard InChI is InChI=1S/C20H18Cl2N2O3/c21-14-5-3-7-16(18(14)22)27-12-17(25)24-10-8-20(9-11-24)13-4-1-2-6-15(13)23-19(20)26/h1-7H,8-12H2,(H,23,26). The number of rotatable bonds is 3. The molecule has 7 heteroatoms. The molecule has 27 heavy (non-hydrogen) atoms. The van der Waals surface area contributed by atoms with E-state index < -0.39 is 5.41 Å². The number of hydrogen-bond donors (Lipinski definition) is 1. The fraction of sp³-hybridized carbons (Fsp3) is 0.300. The van der Waals surface area contributed by atoms with Crippen molar-refractivity contribution in [2.45, 2.75) is 18.3 Å². The average molecular weight is 405 g/mol. The number of amides is 2. The highest BCUT2D eigenvalue weighted by Gasteiger charge is 2.48. The lowest BCUT2D eigenvalue weighted by molar-refractivity contribution is -0.137. The second-order valence-electron chi connectivity index (χ2n) is 6.80. The smallest absolute Gasteiger partial charge is 0.260 e. The number of hydrogen-bond acceptors (Lipinski definition) is 3. The lowest BCUT2D eigenvalue weighted by Gasteiger charge is -2.37. The lowest BCUT2D eigenvalue weighted by atomic mass is 9.73. The number of piperidine rings is 1. The predicted molar refractivity (Wildman–Crippen MR) is 105 cm³/mol. The van der Waals surface area contributed by atoms with E-state index in [-0.39, 0.29) is 18.4 Å². The van der Waals surface area contributed by atoms with E-state index in [4.69, 9.17) is 27.9 Å². The first-order chi connectivity index (χ1) is 13.0. The van der Waals surface area contributed by atoms with Crippen molar-refractivity contribution in [3.05, 3.63) is 58.1 Å². The zero-order chi connectivity index (χ0) is 19.0. The first kappa shape index (κ1) is 18.1. The molecule has 0 aromatic heterocycles. The minimum absolute atomic E-state index is 0.0257. The van der Waals surface area contributed by atoms with Crippen LogP contribution in [0.3, 0.4) is 0 Å². The van der Waals surface area contributed by atoms with Crippen molar-refractivity contribution >= 4 is 40.7 Å². The Balaban J connectivity index is 1.40. The van der Waals surface area contributed by atoms with Gasteiger partial charge in [0.05, 0.1) is 10.4 Å². The lowest BCUT2D eigenvalue weighted by Crippen LogP contribution is -2.49. The van der Waals surface area contributed by atoms with Crippen LogP contribution in [-0.4, -0.2) is 36.4 Å². The molecule has 1 N–H and O–H groups in total. The van der Waals surface area contributed by atoms with Crippen LogP contribution < -0.4 is 10.1 Å². The van der Waals surface area contributed by atoms with E-state index in [9.17, 15) is 9.59 Å². The quantitative estimate of drug-likeness (QED) is 0.843. The summed E-state index contributed by atoms with van der Waals surface area (Å²) in [6.45, 7) is 0.899. The molecule has 2 aliphatic rings. The third-order valence-corrected chi connectivity index (χ3v) is 6.16. The van der Waals surface area contributed by atoms with Crippen molar-refractivity contribution in [2.75, 3.05) is 25.0 Å². The topological polar surface area (TPSA) is 58.6 Å². The molecule has 1 fully saturated rings. The van der Waals surface area contributed by atoms with Gasteiger partial charge in [0.2, 0.25) is 5.91 Å². The van der Waals surface area contributed by atoms with Crippen LogP contribution in [0.5, 0.6) is 5.75 Å². The van der Waals surface area contributed by atoms with Gasteiger partial charge in [-0.3, -0.25) is 9.59 Å². The van der Waals surface area contributed by atoms with Crippen molar-refractivity contribution < 1.29 is 14.3 Å². The maximum absolute atomic E-state index is 12.6. The molecule has 4 rings (SSSR count). The summed E-state index contributed by atoms with van der Waals surface area (Å²) in [5.74, 6) is 0.278. The number of halogens is 2. The van der Waals surface area contributed by atoms with E-state index in [0.29, 0.717) is 41.7 Å². The van der Waals surface area contributed by atoms with E-state index in [1.165, 1.54) is 0 Å². The van der Waals surface area contributed by atoms with Crippen LogP contribution in [0.1, 0.15) is 18.4 Å². The van der Waals surface area contributed by atoms with Crippen molar-refractivity contribution in [1.29, 1.82) is 0 Å². The molecular formula is C20H18Cl2N2O3. The molecule has 0 saturated carbocycles. The Morgan fingerprint density at radius 2 is 1.85 bits per heavy atom. The summed E-state index contributed by atoms with van der Waals surface area (Å²) in [5, 5.41) is 3.64. The summed E-state index contributed by atoms with van der Waals surface area (Å²) in [6.07, 6.45) is 1.19. The van der Waals surface area contributed by atoms with Gasteiger partial charge in [0.25, 0.3) is 5.91 Å². The zero-order valence-electron chi connectivity index (χ0n) is 14.5. The van der Waals surface area contributed by atoms with Gasteiger partial charge in [0.1, 0.15) is 10.8 Å². The van der Waals surface area contributed by atoms with Gasteiger partial charge in [0, 0.05) is 18.8 Å². The number of fused-ring (bicyclic) bond motifs is 2. The highest BCUT2D eigenvalue weighted by Crippen LogP contribution is 2.44. The van der Waals surface area contributed by atoms with E-state index in [2.05, 4.69) is 5.32 Å². The maximum Gasteiger partial charge on any atom is 0.260 e. The molecule has 0 aliphatic carbocycles. The van der Waals surface area contributed by atoms with Crippen LogP contribution >= 0.6 is 23.2 Å². The van der Waals surface area contributed by atoms with Crippen molar-refractivity contribution in [3.8, 4) is 5.75 Å². The highest BCUT2D eigenvalue weighted by atomic mass is 35.5. The van der Waals surface area contributed by atoms with Gasteiger partial charge in [-0.15, -0.1) is 0 Å². The monoisotopic (exact) mass is 404 g/mol. The van der Waals surface area contributed by atoms with Crippen LogP contribution in [0.4, 0.5) is 5.69 Å². The number of carbonyl (C=O) groups excluding carboxylic acids is 2. The number of benzene rings is 2. The first-order valence-electron chi connectivity index (χ1n) is 8.77. The normalized spacial score (nSPS) is 17.6. The fourth-order valence-electron chi connectivity index (χ4n) is 3.83. The largest absolute Gasteiger partial charge is 0.482 e. The molecule has 0 radical (unpaired) electrons. The Morgan fingerprint density at radius 3 is 2.63 bits per heavy atom. The predicted octanol–water partition coefficient (Wildman–Crippen LogP) is 3.88. The molecule has 0 bridgehead atoms. The third kappa shape index (κ3) is 3.15. The Morgan fingerprint density at radius 1 is 1.11 bits per heavy atom. The molecule has 2 aliphatic heterocycles. The molecule has 0 atom stereocenters. The summed E-state index contributed by atoms with van der Waals surface area (Å²) in [7, 11) is 0. The third-order valence-electron chi connectivity index (χ3n) is 5.36. The summed E-state index contributed by atoms with van der Waals surface area (Å²) in [5.41, 5.74) is 1.37. The first-order valence-corrected chi connectivity index (χ1v) is 9.52. The second-order valence-corrected chi connectivity index (χ2v) is 7.59. The Kier molecular flexibility index (Phi) is 4.74. The average Bonchev–Trinajstić information content (AvgIpc) is 2.95. The van der Waals surface area contributed by atoms with Crippen LogP contribution in [0.15, 0.2) is 42.5 Å². The SMILES string of the molecule is O=C(COc1cccc(Cl)c1Cl)N1CCC2(CC1)C(=O)Nc1ccccc12. The van der Waals surface area contributed by atoms with Gasteiger partial charge in [-0.05, 0) is 36.6 Å². The minimum atomic E-state index is -0.537. The van der Waals surface area contributed by atoms with Crippen molar-refractivity contribution in [1.82, 2.24) is 4.90 Å². The molecule has 5 nitrogen and oxygen atoms in total. The molecule has 1 spiro atoms. The summed E-state index contributed by atoms with van der Waals surface area (Å²) < 4.78 is 5.54. The van der Waals surface area contributed by atoms with E-state index in [1.54, 1.807) is 23.1 Å². The number of nitrogens with one attached hydrogen (secondary N) is 1. The number of carbonyl (C=O) groups is 2. The highest BCUT2D eigenvalue weighted by molar-refractivity contribution is 6.42. The van der Waals surface area contributed by atoms with Gasteiger partial charge in [-0.2, -0.15) is 0 Å². The number of nitrogens with zero attached hydrogens (tertiary/aromatic N) is 1. The van der Waals surface area contributed by atoms with Gasteiger partial charge in [0.15, 0.2) is 6.61 Å². The molecule has 140 valence electrons. The van der Waals surface area contributed by atoms with Crippen molar-refractivity contribution in [2.24, 2.45) is 0 Å².